The second-order valence-corrected chi connectivity index (χ2v) is 5.54. The second-order valence-electron chi connectivity index (χ2n) is 4.72. The van der Waals surface area contributed by atoms with Gasteiger partial charge in [0.15, 0.2) is 0 Å². The third-order valence-corrected chi connectivity index (χ3v) is 4.25. The summed E-state index contributed by atoms with van der Waals surface area (Å²) in [6.07, 6.45) is 5.39. The van der Waals surface area contributed by atoms with Crippen LogP contribution in [0.4, 0.5) is 0 Å². The zero-order valence-corrected chi connectivity index (χ0v) is 11.4. The molecule has 0 bridgehead atoms. The van der Waals surface area contributed by atoms with Gasteiger partial charge in [-0.25, -0.2) is 4.79 Å². The van der Waals surface area contributed by atoms with Crippen molar-refractivity contribution in [2.75, 3.05) is 6.26 Å². The molecule has 3 nitrogen and oxygen atoms in total. The number of carboxylic acids is 1. The first-order valence-corrected chi connectivity index (χ1v) is 7.27. The Morgan fingerprint density at radius 1 is 1.39 bits per heavy atom. The maximum absolute atomic E-state index is 11.2. The van der Waals surface area contributed by atoms with Crippen LogP contribution in [-0.4, -0.2) is 22.4 Å². The summed E-state index contributed by atoms with van der Waals surface area (Å²) in [7, 11) is 0. The highest BCUT2D eigenvalue weighted by molar-refractivity contribution is 8.13. The number of thioether (sulfide) groups is 1. The second kappa shape index (κ2) is 5.14. The minimum Gasteiger partial charge on any atom is -0.478 e. The molecule has 1 aromatic rings. The predicted molar refractivity (Wildman–Crippen MR) is 75.1 cm³/mol. The minimum absolute atomic E-state index is 0.312. The molecule has 0 spiro atoms. The van der Waals surface area contributed by atoms with Gasteiger partial charge in [-0.15, -0.1) is 11.8 Å². The van der Waals surface area contributed by atoms with Crippen molar-refractivity contribution in [3.8, 4) is 0 Å². The van der Waals surface area contributed by atoms with E-state index in [2.05, 4.69) is 0 Å². The SMILES string of the molecule is CSC(=N)c1cc(C(=O)O)c(C)cc1C1CCC1. The van der Waals surface area contributed by atoms with Crippen molar-refractivity contribution in [1.82, 2.24) is 0 Å². The summed E-state index contributed by atoms with van der Waals surface area (Å²) in [6.45, 7) is 1.83. The van der Waals surface area contributed by atoms with E-state index in [1.807, 2.05) is 19.2 Å². The van der Waals surface area contributed by atoms with E-state index in [0.717, 1.165) is 29.5 Å². The fraction of sp³-hybridized carbons (Fsp3) is 0.429. The van der Waals surface area contributed by atoms with Gasteiger partial charge in [0, 0.05) is 5.56 Å². The first kappa shape index (κ1) is 13.1. The van der Waals surface area contributed by atoms with Gasteiger partial charge in [-0.3, -0.25) is 5.41 Å². The average Bonchev–Trinajstić information content (AvgIpc) is 2.25. The largest absolute Gasteiger partial charge is 0.478 e. The predicted octanol–water partition coefficient (Wildman–Crippen LogP) is 3.65. The van der Waals surface area contributed by atoms with Gasteiger partial charge in [0.1, 0.15) is 0 Å². The Bertz CT molecular complexity index is 507. The lowest BCUT2D eigenvalue weighted by atomic mass is 9.77. The number of rotatable bonds is 3. The summed E-state index contributed by atoms with van der Waals surface area (Å²) in [5.74, 6) is -0.406. The van der Waals surface area contributed by atoms with Crippen LogP contribution < -0.4 is 0 Å². The number of benzene rings is 1. The topological polar surface area (TPSA) is 61.2 Å². The number of carboxylic acid groups (broad SMARTS) is 1. The number of carbonyl (C=O) groups is 1. The third-order valence-electron chi connectivity index (χ3n) is 3.62. The van der Waals surface area contributed by atoms with Crippen LogP contribution in [0.2, 0.25) is 0 Å². The third kappa shape index (κ3) is 2.29. The van der Waals surface area contributed by atoms with E-state index in [1.165, 1.54) is 18.2 Å². The Morgan fingerprint density at radius 3 is 2.50 bits per heavy atom. The number of hydrogen-bond donors (Lipinski definition) is 2. The van der Waals surface area contributed by atoms with Crippen LogP contribution in [0.3, 0.4) is 0 Å². The van der Waals surface area contributed by atoms with Crippen molar-refractivity contribution in [2.24, 2.45) is 0 Å². The molecule has 1 aromatic carbocycles. The van der Waals surface area contributed by atoms with Crippen LogP contribution in [0.15, 0.2) is 12.1 Å². The van der Waals surface area contributed by atoms with Crippen LogP contribution in [0.5, 0.6) is 0 Å². The van der Waals surface area contributed by atoms with Gasteiger partial charge in [0.2, 0.25) is 0 Å². The van der Waals surface area contributed by atoms with Crippen molar-refractivity contribution in [3.63, 3.8) is 0 Å². The number of hydrogen-bond acceptors (Lipinski definition) is 3. The van der Waals surface area contributed by atoms with Crippen molar-refractivity contribution in [2.45, 2.75) is 32.1 Å². The molecule has 1 saturated carbocycles. The van der Waals surface area contributed by atoms with Gasteiger partial charge in [-0.05, 0) is 49.1 Å². The first-order valence-electron chi connectivity index (χ1n) is 6.05. The molecule has 18 heavy (non-hydrogen) atoms. The number of aryl methyl sites for hydroxylation is 1. The molecule has 96 valence electrons. The standard InChI is InChI=1S/C14H17NO2S/c1-8-6-11(9-4-3-5-9)12(13(15)18-2)7-10(8)14(16)17/h6-7,9,15H,3-5H2,1-2H3,(H,16,17). The molecular formula is C14H17NO2S. The van der Waals surface area contributed by atoms with Gasteiger partial charge in [0.25, 0.3) is 0 Å². The summed E-state index contributed by atoms with van der Waals surface area (Å²) < 4.78 is 0. The lowest BCUT2D eigenvalue weighted by molar-refractivity contribution is 0.0696. The molecule has 1 aliphatic carbocycles. The maximum atomic E-state index is 11.2. The van der Waals surface area contributed by atoms with Crippen LogP contribution >= 0.6 is 11.8 Å². The number of nitrogens with one attached hydrogen (secondary N) is 1. The van der Waals surface area contributed by atoms with Crippen LogP contribution in [-0.2, 0) is 0 Å². The number of aromatic carboxylic acids is 1. The highest BCUT2D eigenvalue weighted by atomic mass is 32.2. The Labute approximate surface area is 111 Å². The van der Waals surface area contributed by atoms with Gasteiger partial charge in [-0.2, -0.15) is 0 Å². The van der Waals surface area contributed by atoms with E-state index < -0.39 is 5.97 Å². The Kier molecular flexibility index (Phi) is 3.76. The van der Waals surface area contributed by atoms with Crippen LogP contribution in [0.1, 0.15) is 52.2 Å². The zero-order valence-electron chi connectivity index (χ0n) is 10.6. The quantitative estimate of drug-likeness (QED) is 0.646. The monoisotopic (exact) mass is 263 g/mol. The molecule has 4 heteroatoms. The van der Waals surface area contributed by atoms with Crippen molar-refractivity contribution in [1.29, 1.82) is 5.41 Å². The van der Waals surface area contributed by atoms with Crippen molar-refractivity contribution >= 4 is 22.8 Å². The van der Waals surface area contributed by atoms with Crippen molar-refractivity contribution < 1.29 is 9.90 Å². The molecule has 0 atom stereocenters. The smallest absolute Gasteiger partial charge is 0.335 e. The van der Waals surface area contributed by atoms with Gasteiger partial charge < -0.3 is 5.11 Å². The van der Waals surface area contributed by atoms with Gasteiger partial charge in [-0.1, -0.05) is 12.5 Å². The van der Waals surface area contributed by atoms with Crippen LogP contribution in [0, 0.1) is 12.3 Å². The van der Waals surface area contributed by atoms with Gasteiger partial charge >= 0.3 is 5.97 Å². The molecule has 0 heterocycles. The lowest BCUT2D eigenvalue weighted by Crippen LogP contribution is -2.15. The zero-order chi connectivity index (χ0) is 13.3. The fourth-order valence-electron chi connectivity index (χ4n) is 2.32. The summed E-state index contributed by atoms with van der Waals surface area (Å²) in [5.41, 5.74) is 3.06. The van der Waals surface area contributed by atoms with Crippen molar-refractivity contribution in [3.05, 3.63) is 34.4 Å². The van der Waals surface area contributed by atoms with E-state index in [0.29, 0.717) is 16.5 Å². The molecule has 0 radical (unpaired) electrons. The molecule has 2 rings (SSSR count). The highest BCUT2D eigenvalue weighted by Gasteiger charge is 2.25. The van der Waals surface area contributed by atoms with E-state index in [1.54, 1.807) is 6.07 Å². The molecular weight excluding hydrogens is 246 g/mol. The summed E-state index contributed by atoms with van der Waals surface area (Å²) in [6, 6.07) is 3.64. The molecule has 0 aromatic heterocycles. The van der Waals surface area contributed by atoms with E-state index >= 15 is 0 Å². The Balaban J connectivity index is 2.53. The van der Waals surface area contributed by atoms with Crippen LogP contribution in [0.25, 0.3) is 0 Å². The molecule has 1 fully saturated rings. The van der Waals surface area contributed by atoms with E-state index in [9.17, 15) is 4.79 Å². The molecule has 0 unspecified atom stereocenters. The highest BCUT2D eigenvalue weighted by Crippen LogP contribution is 2.39. The first-order chi connectivity index (χ1) is 8.54. The summed E-state index contributed by atoms with van der Waals surface area (Å²) >= 11 is 1.36. The Hall–Kier alpha value is -1.29. The van der Waals surface area contributed by atoms with E-state index in [4.69, 9.17) is 10.5 Å². The summed E-state index contributed by atoms with van der Waals surface area (Å²) in [5, 5.41) is 17.6. The molecule has 0 aliphatic heterocycles. The lowest BCUT2D eigenvalue weighted by Gasteiger charge is -2.28. The molecule has 0 amide bonds. The molecule has 1 aliphatic rings. The minimum atomic E-state index is -0.914. The van der Waals surface area contributed by atoms with Gasteiger partial charge in [0.05, 0.1) is 10.6 Å². The maximum Gasteiger partial charge on any atom is 0.335 e. The average molecular weight is 263 g/mol. The Morgan fingerprint density at radius 2 is 2.06 bits per heavy atom. The summed E-state index contributed by atoms with van der Waals surface area (Å²) in [4.78, 5) is 11.2. The normalized spacial score (nSPS) is 15.2. The molecule has 2 N–H and O–H groups in total. The fourth-order valence-corrected chi connectivity index (χ4v) is 2.72. The van der Waals surface area contributed by atoms with E-state index in [-0.39, 0.29) is 0 Å². The molecule has 0 saturated heterocycles.